The zero-order valence-electron chi connectivity index (χ0n) is 11.9. The third-order valence-electron chi connectivity index (χ3n) is 3.51. The molecule has 116 valence electrons. The molecule has 0 fully saturated rings. The summed E-state index contributed by atoms with van der Waals surface area (Å²) in [4.78, 5) is 25.6. The van der Waals surface area contributed by atoms with E-state index in [1.165, 1.54) is 4.57 Å². The number of hydrogen-bond donors (Lipinski definition) is 2. The van der Waals surface area contributed by atoms with Gasteiger partial charge in [0.25, 0.3) is 5.91 Å². The third-order valence-corrected chi connectivity index (χ3v) is 3.51. The first-order valence-corrected chi connectivity index (χ1v) is 6.96. The number of hydrogen-bond acceptors (Lipinski definition) is 5. The van der Waals surface area contributed by atoms with E-state index in [-0.39, 0.29) is 24.8 Å². The summed E-state index contributed by atoms with van der Waals surface area (Å²) >= 11 is 0. The molecule has 1 aliphatic rings. The summed E-state index contributed by atoms with van der Waals surface area (Å²) in [6.45, 7) is 1.37. The molecule has 1 aromatic heterocycles. The minimum Gasteiger partial charge on any atom is -0.491 e. The number of fused-ring (bicyclic) bond motifs is 1. The van der Waals surface area contributed by atoms with Crippen LogP contribution in [0.25, 0.3) is 0 Å². The fourth-order valence-corrected chi connectivity index (χ4v) is 2.39. The van der Waals surface area contributed by atoms with Crippen molar-refractivity contribution in [1.29, 1.82) is 0 Å². The molecule has 1 aliphatic heterocycles. The second-order valence-corrected chi connectivity index (χ2v) is 4.92. The number of rotatable bonds is 4. The van der Waals surface area contributed by atoms with Gasteiger partial charge in [-0.15, -0.1) is 0 Å². The Morgan fingerprint density at radius 2 is 2.09 bits per heavy atom. The molecule has 1 aromatic carbocycles. The maximum absolute atomic E-state index is 12.5. The van der Waals surface area contributed by atoms with E-state index in [1.807, 2.05) is 0 Å². The van der Waals surface area contributed by atoms with E-state index in [1.54, 1.807) is 29.2 Å². The number of aromatic amines is 1. The number of nitrogens with zero attached hydrogens (tertiary/aromatic N) is 3. The Bertz CT molecular complexity index is 719. The normalized spacial score (nSPS) is 13.8. The number of nitrogens with one attached hydrogen (secondary N) is 1. The predicted molar refractivity (Wildman–Crippen MR) is 76.6 cm³/mol. The SMILES string of the molecule is O=C(c1ccc(OCCO)cc1)N1CCn2c(n[nH]c2=O)C1. The first-order chi connectivity index (χ1) is 10.7. The number of ether oxygens (including phenoxy) is 1. The van der Waals surface area contributed by atoms with Gasteiger partial charge in [0.05, 0.1) is 13.2 Å². The Morgan fingerprint density at radius 3 is 2.82 bits per heavy atom. The highest BCUT2D eigenvalue weighted by Crippen LogP contribution is 2.16. The highest BCUT2D eigenvalue weighted by Gasteiger charge is 2.24. The van der Waals surface area contributed by atoms with Crippen LogP contribution in [-0.2, 0) is 13.1 Å². The van der Waals surface area contributed by atoms with Gasteiger partial charge >= 0.3 is 5.69 Å². The summed E-state index contributed by atoms with van der Waals surface area (Å²) in [5.41, 5.74) is 0.301. The van der Waals surface area contributed by atoms with E-state index in [2.05, 4.69) is 10.2 Å². The number of aromatic nitrogens is 3. The summed E-state index contributed by atoms with van der Waals surface area (Å²) in [6.07, 6.45) is 0. The highest BCUT2D eigenvalue weighted by atomic mass is 16.5. The molecule has 1 amide bonds. The van der Waals surface area contributed by atoms with E-state index < -0.39 is 0 Å². The van der Waals surface area contributed by atoms with Crippen molar-refractivity contribution in [2.75, 3.05) is 19.8 Å². The smallest absolute Gasteiger partial charge is 0.343 e. The van der Waals surface area contributed by atoms with Crippen LogP contribution in [0.5, 0.6) is 5.75 Å². The van der Waals surface area contributed by atoms with E-state index in [0.717, 1.165) is 0 Å². The zero-order valence-corrected chi connectivity index (χ0v) is 11.9. The van der Waals surface area contributed by atoms with Gasteiger partial charge < -0.3 is 14.7 Å². The molecule has 0 aliphatic carbocycles. The molecule has 2 N–H and O–H groups in total. The van der Waals surface area contributed by atoms with Crippen LogP contribution in [-0.4, -0.2) is 50.4 Å². The average molecular weight is 304 g/mol. The molecule has 2 heterocycles. The Labute approximate surface area is 125 Å². The molecular weight excluding hydrogens is 288 g/mol. The summed E-state index contributed by atoms with van der Waals surface area (Å²) in [7, 11) is 0. The Balaban J connectivity index is 1.70. The number of aliphatic hydroxyl groups excluding tert-OH is 1. The van der Waals surface area contributed by atoms with Crippen molar-refractivity contribution >= 4 is 5.91 Å². The molecule has 8 heteroatoms. The maximum Gasteiger partial charge on any atom is 0.343 e. The molecule has 8 nitrogen and oxygen atoms in total. The van der Waals surface area contributed by atoms with Crippen LogP contribution in [0.15, 0.2) is 29.1 Å². The van der Waals surface area contributed by atoms with Gasteiger partial charge in [0.15, 0.2) is 5.82 Å². The molecule has 0 saturated carbocycles. The van der Waals surface area contributed by atoms with Crippen molar-refractivity contribution in [3.05, 3.63) is 46.1 Å². The number of carbonyl (C=O) groups excluding carboxylic acids is 1. The second-order valence-electron chi connectivity index (χ2n) is 4.92. The maximum atomic E-state index is 12.5. The van der Waals surface area contributed by atoms with Crippen molar-refractivity contribution in [3.63, 3.8) is 0 Å². The Hall–Kier alpha value is -2.61. The number of amides is 1. The van der Waals surface area contributed by atoms with Gasteiger partial charge in [-0.2, -0.15) is 5.10 Å². The van der Waals surface area contributed by atoms with Gasteiger partial charge in [-0.25, -0.2) is 9.89 Å². The first kappa shape index (κ1) is 14.3. The summed E-state index contributed by atoms with van der Waals surface area (Å²) in [6, 6.07) is 6.75. The van der Waals surface area contributed by atoms with Crippen molar-refractivity contribution in [1.82, 2.24) is 19.7 Å². The predicted octanol–water partition coefficient (Wildman–Crippen LogP) is -0.402. The van der Waals surface area contributed by atoms with E-state index in [9.17, 15) is 9.59 Å². The third kappa shape index (κ3) is 2.73. The quantitative estimate of drug-likeness (QED) is 0.800. The van der Waals surface area contributed by atoms with Crippen LogP contribution in [0.2, 0.25) is 0 Å². The monoisotopic (exact) mass is 304 g/mol. The van der Waals surface area contributed by atoms with Crippen LogP contribution in [0.1, 0.15) is 16.2 Å². The Kier molecular flexibility index (Phi) is 3.92. The van der Waals surface area contributed by atoms with E-state index in [4.69, 9.17) is 9.84 Å². The minimum atomic E-state index is -0.243. The standard InChI is InChI=1S/C14H16N4O4/c19-7-8-22-11-3-1-10(2-4-11)13(20)17-5-6-18-12(9-17)15-16-14(18)21/h1-4,19H,5-9H2,(H,16,21). The van der Waals surface area contributed by atoms with Crippen LogP contribution < -0.4 is 10.4 Å². The van der Waals surface area contributed by atoms with Crippen molar-refractivity contribution in [2.24, 2.45) is 0 Å². The number of H-pyrrole nitrogens is 1. The summed E-state index contributed by atoms with van der Waals surface area (Å²) in [5.74, 6) is 1.05. The molecule has 0 spiro atoms. The molecule has 0 bridgehead atoms. The van der Waals surface area contributed by atoms with Crippen LogP contribution >= 0.6 is 0 Å². The molecular formula is C14H16N4O4. The first-order valence-electron chi connectivity index (χ1n) is 6.96. The van der Waals surface area contributed by atoms with Crippen LogP contribution in [0.3, 0.4) is 0 Å². The van der Waals surface area contributed by atoms with Gasteiger partial charge in [0.1, 0.15) is 12.4 Å². The van der Waals surface area contributed by atoms with Gasteiger partial charge in [0.2, 0.25) is 0 Å². The van der Waals surface area contributed by atoms with Crippen LogP contribution in [0, 0.1) is 0 Å². The molecule has 0 radical (unpaired) electrons. The van der Waals surface area contributed by atoms with Gasteiger partial charge in [-0.1, -0.05) is 0 Å². The lowest BCUT2D eigenvalue weighted by Crippen LogP contribution is -2.40. The van der Waals surface area contributed by atoms with Gasteiger partial charge in [-0.05, 0) is 24.3 Å². The topological polar surface area (TPSA) is 100 Å². The zero-order chi connectivity index (χ0) is 15.5. The molecule has 22 heavy (non-hydrogen) atoms. The molecule has 0 saturated heterocycles. The van der Waals surface area contributed by atoms with Gasteiger partial charge in [-0.3, -0.25) is 9.36 Å². The summed E-state index contributed by atoms with van der Waals surface area (Å²) in [5, 5.41) is 15.0. The van der Waals surface area contributed by atoms with Crippen molar-refractivity contribution in [3.8, 4) is 5.75 Å². The fraction of sp³-hybridized carbons (Fsp3) is 0.357. The lowest BCUT2D eigenvalue weighted by Gasteiger charge is -2.26. The van der Waals surface area contributed by atoms with E-state index >= 15 is 0 Å². The lowest BCUT2D eigenvalue weighted by molar-refractivity contribution is 0.0706. The van der Waals surface area contributed by atoms with E-state index in [0.29, 0.717) is 36.8 Å². The average Bonchev–Trinajstić information content (AvgIpc) is 2.93. The Morgan fingerprint density at radius 1 is 1.32 bits per heavy atom. The number of carbonyl (C=O) groups is 1. The number of benzene rings is 1. The largest absolute Gasteiger partial charge is 0.491 e. The lowest BCUT2D eigenvalue weighted by atomic mass is 10.2. The van der Waals surface area contributed by atoms with Crippen LogP contribution in [0.4, 0.5) is 0 Å². The van der Waals surface area contributed by atoms with Gasteiger partial charge in [0, 0.05) is 18.7 Å². The minimum absolute atomic E-state index is 0.0557. The molecule has 0 unspecified atom stereocenters. The number of aliphatic hydroxyl groups is 1. The van der Waals surface area contributed by atoms with Crippen molar-refractivity contribution < 1.29 is 14.6 Å². The molecule has 2 aromatic rings. The molecule has 0 atom stereocenters. The fourth-order valence-electron chi connectivity index (χ4n) is 2.39. The summed E-state index contributed by atoms with van der Waals surface area (Å²) < 4.78 is 6.79. The second kappa shape index (κ2) is 6.02. The highest BCUT2D eigenvalue weighted by molar-refractivity contribution is 5.94. The van der Waals surface area contributed by atoms with Crippen molar-refractivity contribution in [2.45, 2.75) is 13.1 Å². The molecule has 3 rings (SSSR count).